The van der Waals surface area contributed by atoms with Gasteiger partial charge in [-0.2, -0.15) is 0 Å². The summed E-state index contributed by atoms with van der Waals surface area (Å²) >= 11 is 12.0. The predicted octanol–water partition coefficient (Wildman–Crippen LogP) is 3.33. The van der Waals surface area contributed by atoms with Crippen LogP contribution in [0.25, 0.3) is 0 Å². The monoisotopic (exact) mass is 420 g/mol. The average molecular weight is 421 g/mol. The van der Waals surface area contributed by atoms with Crippen molar-refractivity contribution in [3.05, 3.63) is 52.5 Å². The zero-order valence-electron chi connectivity index (χ0n) is 12.8. The summed E-state index contributed by atoms with van der Waals surface area (Å²) in [6.45, 7) is 0.381. The maximum absolute atomic E-state index is 12.4. The maximum atomic E-state index is 12.4. The third-order valence-corrected chi connectivity index (χ3v) is 7.47. The van der Waals surface area contributed by atoms with E-state index in [2.05, 4.69) is 4.72 Å². The van der Waals surface area contributed by atoms with E-state index in [1.165, 1.54) is 40.7 Å². The van der Waals surface area contributed by atoms with E-state index in [1.54, 1.807) is 6.07 Å². The van der Waals surface area contributed by atoms with Gasteiger partial charge in [-0.15, -0.1) is 0 Å². The molecule has 1 N–H and O–H groups in total. The molecule has 134 valence electrons. The zero-order chi connectivity index (χ0) is 18.2. The molecule has 1 heterocycles. The molecule has 2 aromatic rings. The van der Waals surface area contributed by atoms with Crippen LogP contribution in [0.5, 0.6) is 0 Å². The molecule has 3 rings (SSSR count). The van der Waals surface area contributed by atoms with Crippen LogP contribution in [0.2, 0.25) is 10.0 Å². The SMILES string of the molecule is O=S(=O)(Nc1ccc(N2CCCS2(=O)=O)cc1Cl)c1cccc(Cl)c1. The minimum atomic E-state index is -3.86. The van der Waals surface area contributed by atoms with Crippen LogP contribution >= 0.6 is 23.2 Å². The van der Waals surface area contributed by atoms with Crippen LogP contribution in [-0.2, 0) is 20.0 Å². The van der Waals surface area contributed by atoms with E-state index in [0.29, 0.717) is 23.7 Å². The maximum Gasteiger partial charge on any atom is 0.261 e. The number of benzene rings is 2. The van der Waals surface area contributed by atoms with Crippen LogP contribution in [0.1, 0.15) is 6.42 Å². The van der Waals surface area contributed by atoms with Crippen LogP contribution in [0, 0.1) is 0 Å². The lowest BCUT2D eigenvalue weighted by Gasteiger charge is -2.18. The summed E-state index contributed by atoms with van der Waals surface area (Å²) in [5.41, 5.74) is 0.565. The van der Waals surface area contributed by atoms with Crippen molar-refractivity contribution in [2.75, 3.05) is 21.3 Å². The van der Waals surface area contributed by atoms with Gasteiger partial charge in [0.15, 0.2) is 0 Å². The van der Waals surface area contributed by atoms with Crippen LogP contribution in [0.3, 0.4) is 0 Å². The molecule has 0 unspecified atom stereocenters. The molecule has 0 aromatic heterocycles. The Morgan fingerprint density at radius 1 is 1.08 bits per heavy atom. The quantitative estimate of drug-likeness (QED) is 0.821. The lowest BCUT2D eigenvalue weighted by atomic mass is 10.3. The second kappa shape index (κ2) is 6.68. The Kier molecular flexibility index (Phi) is 4.89. The molecule has 1 aliphatic rings. The minimum absolute atomic E-state index is 0.00210. The highest BCUT2D eigenvalue weighted by Gasteiger charge is 2.29. The summed E-state index contributed by atoms with van der Waals surface area (Å²) in [4.78, 5) is 0.00210. The molecule has 0 radical (unpaired) electrons. The Hall–Kier alpha value is -1.48. The number of nitrogens with one attached hydrogen (secondary N) is 1. The van der Waals surface area contributed by atoms with Gasteiger partial charge < -0.3 is 0 Å². The number of anilines is 2. The fourth-order valence-corrected chi connectivity index (χ4v) is 5.72. The number of hydrogen-bond acceptors (Lipinski definition) is 4. The van der Waals surface area contributed by atoms with Gasteiger partial charge in [0, 0.05) is 11.6 Å². The summed E-state index contributed by atoms with van der Waals surface area (Å²) in [5.74, 6) is 0.0910. The summed E-state index contributed by atoms with van der Waals surface area (Å²) < 4.78 is 52.4. The Bertz CT molecular complexity index is 1020. The Labute approximate surface area is 156 Å². The fourth-order valence-electron chi connectivity index (χ4n) is 2.51. The summed E-state index contributed by atoms with van der Waals surface area (Å²) in [6, 6.07) is 10.2. The molecule has 0 atom stereocenters. The van der Waals surface area contributed by atoms with Crippen molar-refractivity contribution >= 4 is 54.6 Å². The first-order chi connectivity index (χ1) is 11.7. The standard InChI is InChI=1S/C15H14Cl2N2O4S2/c16-11-3-1-4-13(9-11)25(22,23)18-15-6-5-12(10-14(15)17)19-7-2-8-24(19,20)21/h1,3-6,9-10,18H,2,7-8H2. The molecule has 0 aliphatic carbocycles. The molecule has 0 spiro atoms. The summed E-state index contributed by atoms with van der Waals surface area (Å²) in [6.07, 6.45) is 0.545. The highest BCUT2D eigenvalue weighted by atomic mass is 35.5. The molecule has 6 nitrogen and oxygen atoms in total. The van der Waals surface area contributed by atoms with Crippen molar-refractivity contribution in [2.45, 2.75) is 11.3 Å². The van der Waals surface area contributed by atoms with Crippen LogP contribution in [-0.4, -0.2) is 29.1 Å². The van der Waals surface area contributed by atoms with Crippen molar-refractivity contribution in [2.24, 2.45) is 0 Å². The molecule has 1 fully saturated rings. The highest BCUT2D eigenvalue weighted by Crippen LogP contribution is 2.32. The summed E-state index contributed by atoms with van der Waals surface area (Å²) in [5, 5.41) is 0.397. The molecular formula is C15H14Cl2N2O4S2. The van der Waals surface area contributed by atoms with E-state index in [4.69, 9.17) is 23.2 Å². The molecule has 1 aliphatic heterocycles. The van der Waals surface area contributed by atoms with Gasteiger partial charge in [-0.25, -0.2) is 16.8 Å². The number of rotatable bonds is 4. The second-order valence-corrected chi connectivity index (χ2v) is 10.0. The predicted molar refractivity (Wildman–Crippen MR) is 99.5 cm³/mol. The van der Waals surface area contributed by atoms with E-state index in [9.17, 15) is 16.8 Å². The lowest BCUT2D eigenvalue weighted by Crippen LogP contribution is -2.25. The van der Waals surface area contributed by atoms with Crippen LogP contribution < -0.4 is 9.03 Å². The van der Waals surface area contributed by atoms with E-state index in [-0.39, 0.29) is 21.4 Å². The molecule has 0 saturated carbocycles. The van der Waals surface area contributed by atoms with Gasteiger partial charge in [-0.05, 0) is 42.8 Å². The molecule has 0 amide bonds. The van der Waals surface area contributed by atoms with Crippen molar-refractivity contribution in [3.8, 4) is 0 Å². The van der Waals surface area contributed by atoms with E-state index in [0.717, 1.165) is 0 Å². The van der Waals surface area contributed by atoms with Crippen LogP contribution in [0.15, 0.2) is 47.4 Å². The van der Waals surface area contributed by atoms with Crippen molar-refractivity contribution < 1.29 is 16.8 Å². The number of sulfonamides is 2. The van der Waals surface area contributed by atoms with Gasteiger partial charge in [0.05, 0.1) is 27.0 Å². The molecule has 10 heteroatoms. The Morgan fingerprint density at radius 3 is 2.44 bits per heavy atom. The van der Waals surface area contributed by atoms with Gasteiger partial charge in [-0.3, -0.25) is 9.03 Å². The number of nitrogens with zero attached hydrogens (tertiary/aromatic N) is 1. The topological polar surface area (TPSA) is 83.6 Å². The number of halogens is 2. The molecule has 2 aromatic carbocycles. The molecule has 0 bridgehead atoms. The lowest BCUT2D eigenvalue weighted by molar-refractivity contribution is 0.598. The van der Waals surface area contributed by atoms with Crippen molar-refractivity contribution in [1.82, 2.24) is 0 Å². The third-order valence-electron chi connectivity index (χ3n) is 3.69. The molecule has 1 saturated heterocycles. The van der Waals surface area contributed by atoms with Gasteiger partial charge in [0.25, 0.3) is 10.0 Å². The number of hydrogen-bond donors (Lipinski definition) is 1. The van der Waals surface area contributed by atoms with E-state index in [1.807, 2.05) is 0 Å². The van der Waals surface area contributed by atoms with Gasteiger partial charge in [0.1, 0.15) is 0 Å². The second-order valence-electron chi connectivity index (χ2n) is 5.47. The zero-order valence-corrected chi connectivity index (χ0v) is 16.0. The average Bonchev–Trinajstić information content (AvgIpc) is 2.88. The Morgan fingerprint density at radius 2 is 1.84 bits per heavy atom. The normalized spacial score (nSPS) is 16.8. The first-order valence-corrected chi connectivity index (χ1v) is 11.1. The van der Waals surface area contributed by atoms with Gasteiger partial charge in [-0.1, -0.05) is 29.3 Å². The van der Waals surface area contributed by atoms with Crippen LogP contribution in [0.4, 0.5) is 11.4 Å². The third kappa shape index (κ3) is 3.87. The fraction of sp³-hybridized carbons (Fsp3) is 0.200. The van der Waals surface area contributed by atoms with Gasteiger partial charge >= 0.3 is 0 Å². The van der Waals surface area contributed by atoms with Crippen molar-refractivity contribution in [3.63, 3.8) is 0 Å². The van der Waals surface area contributed by atoms with Gasteiger partial charge in [0.2, 0.25) is 10.0 Å². The first kappa shape index (κ1) is 18.3. The highest BCUT2D eigenvalue weighted by molar-refractivity contribution is 7.93. The van der Waals surface area contributed by atoms with E-state index >= 15 is 0 Å². The Balaban J connectivity index is 1.89. The molecular weight excluding hydrogens is 407 g/mol. The molecule has 25 heavy (non-hydrogen) atoms. The first-order valence-electron chi connectivity index (χ1n) is 7.27. The minimum Gasteiger partial charge on any atom is -0.278 e. The smallest absolute Gasteiger partial charge is 0.261 e. The van der Waals surface area contributed by atoms with Crippen molar-refractivity contribution in [1.29, 1.82) is 0 Å². The summed E-state index contributed by atoms with van der Waals surface area (Å²) in [7, 11) is -7.20. The van der Waals surface area contributed by atoms with E-state index < -0.39 is 20.0 Å². The largest absolute Gasteiger partial charge is 0.278 e.